The molecule has 0 N–H and O–H groups in total. The summed E-state index contributed by atoms with van der Waals surface area (Å²) in [7, 11) is 1.82. The lowest BCUT2D eigenvalue weighted by molar-refractivity contribution is 0.0849. The number of carbonyl (C=O) groups excluding carboxylic acids is 1. The van der Waals surface area contributed by atoms with E-state index in [0.29, 0.717) is 16.6 Å². The van der Waals surface area contributed by atoms with Gasteiger partial charge in [0.05, 0.1) is 31.8 Å². The van der Waals surface area contributed by atoms with Crippen molar-refractivity contribution in [1.29, 1.82) is 0 Å². The van der Waals surface area contributed by atoms with Crippen LogP contribution < -0.4 is 9.47 Å². The molecule has 10 nitrogen and oxygen atoms in total. The first-order chi connectivity index (χ1) is 16.8. The first-order valence-corrected chi connectivity index (χ1v) is 13.2. The van der Waals surface area contributed by atoms with Crippen molar-refractivity contribution in [3.05, 3.63) is 57.2 Å². The molecule has 3 rings (SSSR count). The number of halogens is 1. The summed E-state index contributed by atoms with van der Waals surface area (Å²) < 4.78 is 40.6. The molecular formula is C23H27IN3O7P. The Balaban J connectivity index is 2.03. The topological polar surface area (TPSA) is 109 Å². The summed E-state index contributed by atoms with van der Waals surface area (Å²) in [6.07, 6.45) is -0.684. The molecule has 0 fully saturated rings. The van der Waals surface area contributed by atoms with Crippen molar-refractivity contribution in [2.45, 2.75) is 25.9 Å². The fourth-order valence-corrected chi connectivity index (χ4v) is 5.38. The van der Waals surface area contributed by atoms with Gasteiger partial charge in [0.25, 0.3) is 11.8 Å². The molecule has 0 radical (unpaired) electrons. The fourth-order valence-electron chi connectivity index (χ4n) is 3.43. The van der Waals surface area contributed by atoms with Gasteiger partial charge in [0.1, 0.15) is 12.4 Å². The summed E-state index contributed by atoms with van der Waals surface area (Å²) in [6, 6.07) is 13.0. The zero-order valence-electron chi connectivity index (χ0n) is 20.1. The molecule has 0 bridgehead atoms. The van der Waals surface area contributed by atoms with E-state index in [9.17, 15) is 9.36 Å². The van der Waals surface area contributed by atoms with E-state index in [1.165, 1.54) is 33.3 Å². The second-order valence-electron chi connectivity index (χ2n) is 7.38. The first-order valence-electron chi connectivity index (χ1n) is 10.5. The summed E-state index contributed by atoms with van der Waals surface area (Å²) in [4.78, 5) is 23.6. The number of fused-ring (bicyclic) bond motifs is 1. The van der Waals surface area contributed by atoms with Gasteiger partial charge in [-0.25, -0.2) is 14.8 Å². The van der Waals surface area contributed by atoms with Gasteiger partial charge in [0, 0.05) is 23.4 Å². The minimum Gasteiger partial charge on any atom is -0.477 e. The second kappa shape index (κ2) is 12.0. The zero-order valence-corrected chi connectivity index (χ0v) is 23.1. The molecule has 1 heterocycles. The zero-order chi connectivity index (χ0) is 25.6. The molecule has 0 aliphatic carbocycles. The van der Waals surface area contributed by atoms with Crippen molar-refractivity contribution >= 4 is 47.3 Å². The number of nitrogens with zero attached hydrogens (tertiary/aromatic N) is 3. The van der Waals surface area contributed by atoms with Crippen molar-refractivity contribution < 1.29 is 32.6 Å². The minimum absolute atomic E-state index is 0.00298. The van der Waals surface area contributed by atoms with Crippen molar-refractivity contribution in [3.63, 3.8) is 0 Å². The maximum atomic E-state index is 13.3. The maximum Gasteiger partial charge on any atom is 0.411 e. The van der Waals surface area contributed by atoms with Crippen molar-refractivity contribution in [1.82, 2.24) is 14.9 Å². The standard InChI is InChI=1S/C23H27IN3O7P/c1-15(35(29,32-4)33-5)27(23(28)34-14-16-9-7-6-8-10-16)13-17-11-18(24)12-19-20(17)26-22(31-3)21(25-19)30-2/h6-12,15H,13-14H2,1-5H3/t15-/m0/s1/i24+4. The minimum atomic E-state index is -3.67. The summed E-state index contributed by atoms with van der Waals surface area (Å²) >= 11 is 2.15. The molecule has 35 heavy (non-hydrogen) atoms. The number of hydrogen-bond acceptors (Lipinski definition) is 9. The number of hydrogen-bond donors (Lipinski definition) is 0. The molecule has 0 spiro atoms. The highest BCUT2D eigenvalue weighted by Gasteiger charge is 2.38. The number of rotatable bonds is 10. The molecule has 12 heteroatoms. The molecule has 0 unspecified atom stereocenters. The molecular weight excluding hydrogens is 592 g/mol. The average Bonchev–Trinajstić information content (AvgIpc) is 2.89. The third-order valence-electron chi connectivity index (χ3n) is 5.34. The van der Waals surface area contributed by atoms with Gasteiger partial charge in [-0.1, -0.05) is 30.3 Å². The number of amides is 1. The van der Waals surface area contributed by atoms with E-state index in [1.807, 2.05) is 42.5 Å². The summed E-state index contributed by atoms with van der Waals surface area (Å²) in [5.41, 5.74) is 2.51. The van der Waals surface area contributed by atoms with Gasteiger partial charge < -0.3 is 23.3 Å². The van der Waals surface area contributed by atoms with Crippen molar-refractivity contribution in [3.8, 4) is 11.8 Å². The van der Waals surface area contributed by atoms with Gasteiger partial charge in [-0.3, -0.25) is 9.46 Å². The lowest BCUT2D eigenvalue weighted by atomic mass is 10.1. The largest absolute Gasteiger partial charge is 0.477 e. The Labute approximate surface area is 217 Å². The Morgan fingerprint density at radius 3 is 2.26 bits per heavy atom. The normalized spacial score (nSPS) is 12.3. The van der Waals surface area contributed by atoms with Gasteiger partial charge in [-0.2, -0.15) is 0 Å². The van der Waals surface area contributed by atoms with E-state index >= 15 is 0 Å². The van der Waals surface area contributed by atoms with Crippen LogP contribution in [0, 0.1) is 3.57 Å². The number of ether oxygens (including phenoxy) is 3. The Morgan fingerprint density at radius 1 is 1.03 bits per heavy atom. The molecule has 1 amide bonds. The molecule has 0 aliphatic rings. The molecule has 3 aromatic rings. The lowest BCUT2D eigenvalue weighted by Crippen LogP contribution is -2.39. The van der Waals surface area contributed by atoms with Crippen LogP contribution in [0.3, 0.4) is 0 Å². The Hall–Kier alpha value is -2.47. The van der Waals surface area contributed by atoms with E-state index in [-0.39, 0.29) is 24.9 Å². The van der Waals surface area contributed by atoms with Gasteiger partial charge in [0.2, 0.25) is 0 Å². The van der Waals surface area contributed by atoms with Crippen LogP contribution >= 0.6 is 30.2 Å². The molecule has 188 valence electrons. The van der Waals surface area contributed by atoms with E-state index < -0.39 is 19.5 Å². The van der Waals surface area contributed by atoms with Gasteiger partial charge in [0.15, 0.2) is 0 Å². The Kier molecular flexibility index (Phi) is 9.28. The fraction of sp³-hybridized carbons (Fsp3) is 0.348. The van der Waals surface area contributed by atoms with Crippen LogP contribution in [0.4, 0.5) is 4.79 Å². The van der Waals surface area contributed by atoms with Crippen LogP contribution in [-0.4, -0.2) is 55.2 Å². The number of benzene rings is 2. The monoisotopic (exact) mass is 619 g/mol. The molecule has 0 saturated carbocycles. The Morgan fingerprint density at radius 2 is 1.66 bits per heavy atom. The van der Waals surface area contributed by atoms with Crippen molar-refractivity contribution in [2.24, 2.45) is 0 Å². The van der Waals surface area contributed by atoms with Crippen LogP contribution in [0.1, 0.15) is 18.1 Å². The van der Waals surface area contributed by atoms with Crippen LogP contribution in [0.15, 0.2) is 42.5 Å². The molecule has 1 atom stereocenters. The highest BCUT2D eigenvalue weighted by molar-refractivity contribution is 14.1. The van der Waals surface area contributed by atoms with Gasteiger partial charge in [-0.15, -0.1) is 0 Å². The van der Waals surface area contributed by atoms with E-state index in [4.69, 9.17) is 23.3 Å². The number of carbonyl (C=O) groups is 1. The maximum absolute atomic E-state index is 13.3. The Bertz CT molecular complexity index is 1220. The third kappa shape index (κ3) is 6.21. The lowest BCUT2D eigenvalue weighted by Gasteiger charge is -2.32. The van der Waals surface area contributed by atoms with Crippen molar-refractivity contribution in [2.75, 3.05) is 28.4 Å². The predicted molar refractivity (Wildman–Crippen MR) is 139 cm³/mol. The quantitative estimate of drug-likeness (QED) is 0.223. The number of aromatic nitrogens is 2. The summed E-state index contributed by atoms with van der Waals surface area (Å²) in [5.74, 6) is -0.515. The van der Waals surface area contributed by atoms with Crippen LogP contribution in [-0.2, 0) is 31.5 Å². The molecule has 1 aromatic heterocycles. The molecule has 2 aromatic carbocycles. The molecule has 0 aliphatic heterocycles. The predicted octanol–water partition coefficient (Wildman–Crippen LogP) is 5.22. The number of methoxy groups -OCH3 is 2. The van der Waals surface area contributed by atoms with Gasteiger partial charge in [-0.05, 0) is 47.2 Å². The summed E-state index contributed by atoms with van der Waals surface area (Å²) in [5, 5.41) is 0. The second-order valence-corrected chi connectivity index (χ2v) is 11.2. The van der Waals surface area contributed by atoms with Gasteiger partial charge >= 0.3 is 13.7 Å². The highest BCUT2D eigenvalue weighted by atomic mass is 131. The highest BCUT2D eigenvalue weighted by Crippen LogP contribution is 2.53. The van der Waals surface area contributed by atoms with Crippen LogP contribution in [0.25, 0.3) is 11.0 Å². The third-order valence-corrected chi connectivity index (χ3v) is 8.17. The summed E-state index contributed by atoms with van der Waals surface area (Å²) in [6.45, 7) is 1.64. The van der Waals surface area contributed by atoms with E-state index in [2.05, 4.69) is 32.6 Å². The first kappa shape index (κ1) is 27.1. The molecule has 0 saturated heterocycles. The SMILES string of the molecule is COc1nc2cc([131I])cc(CN(C(=O)OCc3ccccc3)[C@H](C)P(=O)(OC)OC)c2nc1OC. The van der Waals surface area contributed by atoms with Crippen LogP contribution in [0.2, 0.25) is 0 Å². The van der Waals surface area contributed by atoms with E-state index in [0.717, 1.165) is 9.13 Å². The van der Waals surface area contributed by atoms with E-state index in [1.54, 1.807) is 6.92 Å². The average molecular weight is 619 g/mol. The smallest absolute Gasteiger partial charge is 0.411 e. The van der Waals surface area contributed by atoms with Crippen LogP contribution in [0.5, 0.6) is 11.8 Å².